The summed E-state index contributed by atoms with van der Waals surface area (Å²) >= 11 is 0. The van der Waals surface area contributed by atoms with E-state index in [1.54, 1.807) is 60.0 Å². The monoisotopic (exact) mass is 772 g/mol. The smallest absolute Gasteiger partial charge is 0.332 e. The van der Waals surface area contributed by atoms with Crippen molar-refractivity contribution in [1.82, 2.24) is 15.1 Å². The molecule has 1 amide bonds. The second-order valence-electron chi connectivity index (χ2n) is 13.6. The number of carbonyl (C=O) groups excluding carboxylic acids is 1. The lowest BCUT2D eigenvalue weighted by atomic mass is 9.90. The van der Waals surface area contributed by atoms with E-state index in [2.05, 4.69) is 5.32 Å². The molecular formula is C41H53N6O7P. The minimum atomic E-state index is -3.35. The first-order chi connectivity index (χ1) is 26.4. The van der Waals surface area contributed by atoms with Crippen LogP contribution in [0.2, 0.25) is 0 Å². The summed E-state index contributed by atoms with van der Waals surface area (Å²) in [6, 6.07) is 29.7. The molecular weight excluding hydrogens is 719 g/mol. The third-order valence-corrected chi connectivity index (χ3v) is 11.9. The van der Waals surface area contributed by atoms with Crippen molar-refractivity contribution in [3.8, 4) is 0 Å². The van der Waals surface area contributed by atoms with Crippen molar-refractivity contribution in [3.05, 3.63) is 137 Å². The molecule has 0 radical (unpaired) electrons. The predicted octanol–water partition coefficient (Wildman–Crippen LogP) is 4.09. The Kier molecular flexibility index (Phi) is 14.7. The van der Waals surface area contributed by atoms with Gasteiger partial charge in [-0.1, -0.05) is 78.9 Å². The van der Waals surface area contributed by atoms with E-state index in [9.17, 15) is 24.7 Å². The third kappa shape index (κ3) is 10.9. The molecule has 4 aromatic rings. The van der Waals surface area contributed by atoms with Crippen LogP contribution in [0.5, 0.6) is 0 Å². The summed E-state index contributed by atoms with van der Waals surface area (Å²) in [5.41, 5.74) is 16.2. The topological polar surface area (TPSA) is 208 Å². The van der Waals surface area contributed by atoms with Crippen molar-refractivity contribution in [3.63, 3.8) is 0 Å². The Morgan fingerprint density at radius 1 is 0.764 bits per heavy atom. The van der Waals surface area contributed by atoms with E-state index in [0.29, 0.717) is 40.8 Å². The van der Waals surface area contributed by atoms with Crippen LogP contribution in [-0.2, 0) is 39.5 Å². The van der Waals surface area contributed by atoms with Crippen LogP contribution in [0.25, 0.3) is 0 Å². The van der Waals surface area contributed by atoms with E-state index >= 15 is 0 Å². The molecule has 0 aromatic heterocycles. The quantitative estimate of drug-likeness (QED) is 0.0352. The number of nitrogens with one attached hydrogen (secondary N) is 2. The Labute approximate surface area is 322 Å². The molecule has 0 bridgehead atoms. The van der Waals surface area contributed by atoms with Gasteiger partial charge in [0.15, 0.2) is 6.35 Å². The molecule has 0 aliphatic carbocycles. The van der Waals surface area contributed by atoms with Gasteiger partial charge in [-0.3, -0.25) is 24.6 Å². The van der Waals surface area contributed by atoms with Gasteiger partial charge in [-0.2, -0.15) is 0 Å². The SMILES string of the molecule is CCOP(=O)(CCNC(=O)c1cccc(CN2C(O)N(Cc3ccc(N)c(C(=N)N)c3)[C@H](Cc3ccccc3)[C@H](O)[C@@H](O)[C@H]2Cc2ccccc2)c1)OCC. The van der Waals surface area contributed by atoms with Crippen molar-refractivity contribution in [2.24, 2.45) is 5.73 Å². The molecule has 5 atom stereocenters. The fourth-order valence-corrected chi connectivity index (χ4v) is 8.61. The number of amides is 1. The number of aliphatic hydroxyl groups excluding tert-OH is 3. The standard InChI is InChI=1S/C41H53N6O7P/c1-3-53-55(52,54-4-2)21-20-45-40(50)32-17-11-16-30(22-32)26-46-35(24-28-12-7-5-8-13-28)37(48)38(49)36(25-29-14-9-6-10-15-29)47(41(46)51)27-31-18-19-34(42)33(23-31)39(43)44/h5-19,22-23,35-38,41,48-49,51H,3-4,20-21,24-27,42H2,1-2H3,(H3,43,44)(H,45,50)/t35-,36-,37+,38+,41?/m1/s1. The van der Waals surface area contributed by atoms with Gasteiger partial charge in [0.05, 0.1) is 31.6 Å². The van der Waals surface area contributed by atoms with Gasteiger partial charge in [0.2, 0.25) is 0 Å². The number of nitrogens with zero attached hydrogens (tertiary/aromatic N) is 2. The van der Waals surface area contributed by atoms with Gasteiger partial charge in [-0.15, -0.1) is 0 Å². The molecule has 13 nitrogen and oxygen atoms in total. The number of anilines is 1. The van der Waals surface area contributed by atoms with E-state index < -0.39 is 38.2 Å². The zero-order valence-corrected chi connectivity index (χ0v) is 32.2. The highest BCUT2D eigenvalue weighted by atomic mass is 31.2. The Morgan fingerprint density at radius 3 is 1.78 bits per heavy atom. The van der Waals surface area contributed by atoms with Gasteiger partial charge >= 0.3 is 7.60 Å². The van der Waals surface area contributed by atoms with Gasteiger partial charge < -0.3 is 41.2 Å². The van der Waals surface area contributed by atoms with Crippen molar-refractivity contribution < 1.29 is 33.7 Å². The van der Waals surface area contributed by atoms with Crippen molar-refractivity contribution >= 4 is 25.0 Å². The number of nitrogens with two attached hydrogens (primary N) is 2. The van der Waals surface area contributed by atoms with Crippen LogP contribution in [-0.4, -0.2) is 93.4 Å². The molecule has 4 aromatic carbocycles. The number of carbonyl (C=O) groups is 1. The molecule has 14 heteroatoms. The Morgan fingerprint density at radius 2 is 1.27 bits per heavy atom. The molecule has 1 heterocycles. The van der Waals surface area contributed by atoms with E-state index in [-0.39, 0.29) is 50.8 Å². The van der Waals surface area contributed by atoms with E-state index in [4.69, 9.17) is 25.9 Å². The van der Waals surface area contributed by atoms with Gasteiger partial charge in [0.25, 0.3) is 5.91 Å². The number of nitrogen functional groups attached to an aromatic ring is 2. The van der Waals surface area contributed by atoms with E-state index in [1.165, 1.54) is 0 Å². The zero-order chi connectivity index (χ0) is 39.5. The number of amidine groups is 1. The van der Waals surface area contributed by atoms with Crippen LogP contribution in [0.15, 0.2) is 103 Å². The van der Waals surface area contributed by atoms with Gasteiger partial charge in [0.1, 0.15) is 5.84 Å². The highest BCUT2D eigenvalue weighted by Crippen LogP contribution is 2.47. The highest BCUT2D eigenvalue weighted by Gasteiger charge is 2.47. The fourth-order valence-electron chi connectivity index (χ4n) is 7.10. The average molecular weight is 773 g/mol. The van der Waals surface area contributed by atoms with Crippen molar-refractivity contribution in [2.45, 2.75) is 70.4 Å². The summed E-state index contributed by atoms with van der Waals surface area (Å²) in [5, 5.41) is 47.6. The maximum Gasteiger partial charge on any atom is 0.332 e. The van der Waals surface area contributed by atoms with Crippen LogP contribution < -0.4 is 16.8 Å². The normalized spacial score (nSPS) is 20.9. The Bertz CT molecular complexity index is 1910. The largest absolute Gasteiger partial charge is 0.398 e. The lowest BCUT2D eigenvalue weighted by Gasteiger charge is -2.40. The summed E-state index contributed by atoms with van der Waals surface area (Å²) in [7, 11) is -3.35. The Hall–Kier alpha value is -4.43. The van der Waals surface area contributed by atoms with Crippen LogP contribution in [0.3, 0.4) is 0 Å². The molecule has 1 saturated heterocycles. The molecule has 0 spiro atoms. The minimum Gasteiger partial charge on any atom is -0.398 e. The van der Waals surface area contributed by atoms with E-state index in [1.807, 2.05) is 66.7 Å². The summed E-state index contributed by atoms with van der Waals surface area (Å²) in [5.74, 6) is -0.582. The first-order valence-corrected chi connectivity index (χ1v) is 20.3. The van der Waals surface area contributed by atoms with Gasteiger partial charge in [-0.05, 0) is 73.2 Å². The van der Waals surface area contributed by atoms with Crippen molar-refractivity contribution in [1.29, 1.82) is 5.41 Å². The maximum atomic E-state index is 13.3. The number of hydrogen-bond donors (Lipinski definition) is 7. The minimum absolute atomic E-state index is 0.0172. The molecule has 1 fully saturated rings. The van der Waals surface area contributed by atoms with Crippen molar-refractivity contribution in [2.75, 3.05) is 31.7 Å². The molecule has 9 N–H and O–H groups in total. The van der Waals surface area contributed by atoms with Gasteiger partial charge in [-0.25, -0.2) is 0 Å². The highest BCUT2D eigenvalue weighted by molar-refractivity contribution is 7.53. The maximum absolute atomic E-state index is 13.3. The predicted molar refractivity (Wildman–Crippen MR) is 213 cm³/mol. The number of hydrogen-bond acceptors (Lipinski definition) is 11. The molecule has 294 valence electrons. The summed E-state index contributed by atoms with van der Waals surface area (Å²) in [6.07, 6.45) is -3.30. The lowest BCUT2D eigenvalue weighted by Crippen LogP contribution is -2.54. The van der Waals surface area contributed by atoms with Crippen LogP contribution in [0, 0.1) is 5.41 Å². The first kappa shape index (κ1) is 41.7. The number of rotatable bonds is 17. The summed E-state index contributed by atoms with van der Waals surface area (Å²) < 4.78 is 23.6. The summed E-state index contributed by atoms with van der Waals surface area (Å²) in [4.78, 5) is 16.8. The molecule has 0 saturated carbocycles. The average Bonchev–Trinajstić information content (AvgIpc) is 3.23. The summed E-state index contributed by atoms with van der Waals surface area (Å²) in [6.45, 7) is 4.18. The van der Waals surface area contributed by atoms with Crippen LogP contribution >= 0.6 is 7.60 Å². The fraction of sp³-hybridized carbons (Fsp3) is 0.366. The molecule has 1 aliphatic rings. The third-order valence-electron chi connectivity index (χ3n) is 9.81. The molecule has 1 aliphatic heterocycles. The Balaban J connectivity index is 1.50. The second kappa shape index (κ2) is 19.4. The zero-order valence-electron chi connectivity index (χ0n) is 31.3. The van der Waals surface area contributed by atoms with Crippen LogP contribution in [0.1, 0.15) is 52.0 Å². The molecule has 5 rings (SSSR count). The molecule has 55 heavy (non-hydrogen) atoms. The van der Waals surface area contributed by atoms with Crippen LogP contribution in [0.4, 0.5) is 5.69 Å². The van der Waals surface area contributed by atoms with Gasteiger partial charge in [0, 0.05) is 48.5 Å². The first-order valence-electron chi connectivity index (χ1n) is 18.5. The number of aliphatic hydroxyl groups is 3. The van der Waals surface area contributed by atoms with E-state index in [0.717, 1.165) is 11.1 Å². The molecule has 1 unspecified atom stereocenters. The second-order valence-corrected chi connectivity index (χ2v) is 15.8. The number of benzene rings is 4. The lowest BCUT2D eigenvalue weighted by molar-refractivity contribution is -0.147.